The van der Waals surface area contributed by atoms with Crippen LogP contribution in [0.1, 0.15) is 16.8 Å². The summed E-state index contributed by atoms with van der Waals surface area (Å²) in [5.74, 6) is -1.69. The Morgan fingerprint density at radius 3 is 2.64 bits per heavy atom. The van der Waals surface area contributed by atoms with Crippen molar-refractivity contribution >= 4 is 33.3 Å². The van der Waals surface area contributed by atoms with E-state index in [4.69, 9.17) is 16.3 Å². The van der Waals surface area contributed by atoms with Crippen LogP contribution in [0.3, 0.4) is 0 Å². The standard InChI is InChI=1S/C13H15ClN2O5S/c1-21-11-3-2-9(14)6-10(11)13(18)16-15-12(17)8-4-5-22(19,20)7-8/h2-3,6,8H,4-5,7H2,1H3,(H,15,17)(H,16,18)/t8-/m1/s1. The van der Waals surface area contributed by atoms with Gasteiger partial charge in [-0.15, -0.1) is 0 Å². The van der Waals surface area contributed by atoms with E-state index in [1.165, 1.54) is 19.2 Å². The van der Waals surface area contributed by atoms with Crippen molar-refractivity contribution in [3.05, 3.63) is 28.8 Å². The first-order valence-corrected chi connectivity index (χ1v) is 8.66. The van der Waals surface area contributed by atoms with Gasteiger partial charge in [-0.05, 0) is 24.6 Å². The molecule has 1 atom stereocenters. The Bertz CT molecular complexity index is 704. The maximum Gasteiger partial charge on any atom is 0.273 e. The van der Waals surface area contributed by atoms with Gasteiger partial charge in [0.1, 0.15) is 5.75 Å². The molecule has 9 heteroatoms. The van der Waals surface area contributed by atoms with E-state index < -0.39 is 27.6 Å². The van der Waals surface area contributed by atoms with E-state index in [-0.39, 0.29) is 23.5 Å². The molecule has 0 aromatic heterocycles. The van der Waals surface area contributed by atoms with Crippen molar-refractivity contribution in [3.8, 4) is 5.75 Å². The molecule has 1 fully saturated rings. The van der Waals surface area contributed by atoms with Crippen LogP contribution in [0.25, 0.3) is 0 Å². The summed E-state index contributed by atoms with van der Waals surface area (Å²) >= 11 is 5.83. The van der Waals surface area contributed by atoms with Gasteiger partial charge >= 0.3 is 0 Å². The van der Waals surface area contributed by atoms with Gasteiger partial charge in [-0.1, -0.05) is 11.6 Å². The minimum Gasteiger partial charge on any atom is -0.496 e. The van der Waals surface area contributed by atoms with Gasteiger partial charge in [0.15, 0.2) is 9.84 Å². The molecule has 2 amide bonds. The van der Waals surface area contributed by atoms with Gasteiger partial charge in [0.25, 0.3) is 5.91 Å². The highest BCUT2D eigenvalue weighted by atomic mass is 35.5. The molecule has 0 unspecified atom stereocenters. The van der Waals surface area contributed by atoms with E-state index in [1.54, 1.807) is 6.07 Å². The van der Waals surface area contributed by atoms with Crippen LogP contribution in [0.5, 0.6) is 5.75 Å². The van der Waals surface area contributed by atoms with Crippen molar-refractivity contribution in [2.24, 2.45) is 5.92 Å². The number of rotatable bonds is 3. The van der Waals surface area contributed by atoms with Crippen LogP contribution in [0, 0.1) is 5.92 Å². The quantitative estimate of drug-likeness (QED) is 0.778. The summed E-state index contributed by atoms with van der Waals surface area (Å²) in [5, 5.41) is 0.346. The van der Waals surface area contributed by atoms with Crippen LogP contribution >= 0.6 is 11.6 Å². The lowest BCUT2D eigenvalue weighted by atomic mass is 10.1. The molecule has 1 aromatic rings. The van der Waals surface area contributed by atoms with Crippen LogP contribution in [0.15, 0.2) is 18.2 Å². The Morgan fingerprint density at radius 1 is 1.32 bits per heavy atom. The molecule has 2 N–H and O–H groups in total. The molecular formula is C13H15ClN2O5S. The zero-order valence-corrected chi connectivity index (χ0v) is 13.3. The highest BCUT2D eigenvalue weighted by Crippen LogP contribution is 2.22. The van der Waals surface area contributed by atoms with Gasteiger partial charge in [0.2, 0.25) is 5.91 Å². The summed E-state index contributed by atoms with van der Waals surface area (Å²) in [5.41, 5.74) is 4.62. The number of hydrogen-bond donors (Lipinski definition) is 2. The number of amides is 2. The van der Waals surface area contributed by atoms with Crippen LogP contribution < -0.4 is 15.6 Å². The van der Waals surface area contributed by atoms with Gasteiger partial charge in [-0.2, -0.15) is 0 Å². The Morgan fingerprint density at radius 2 is 2.05 bits per heavy atom. The molecule has 1 aliphatic heterocycles. The molecule has 1 saturated heterocycles. The lowest BCUT2D eigenvalue weighted by Gasteiger charge is -2.12. The van der Waals surface area contributed by atoms with Crippen molar-refractivity contribution in [2.75, 3.05) is 18.6 Å². The molecule has 2 rings (SSSR count). The lowest BCUT2D eigenvalue weighted by Crippen LogP contribution is -2.44. The Kier molecular flexibility index (Phi) is 4.92. The third kappa shape index (κ3) is 3.89. The number of sulfone groups is 1. The number of halogens is 1. The average molecular weight is 347 g/mol. The van der Waals surface area contributed by atoms with Crippen LogP contribution in [-0.2, 0) is 14.6 Å². The van der Waals surface area contributed by atoms with E-state index in [9.17, 15) is 18.0 Å². The van der Waals surface area contributed by atoms with Crippen molar-refractivity contribution < 1.29 is 22.7 Å². The molecular weight excluding hydrogens is 332 g/mol. The number of methoxy groups -OCH3 is 1. The fourth-order valence-electron chi connectivity index (χ4n) is 2.15. The van der Waals surface area contributed by atoms with Crippen molar-refractivity contribution in [1.29, 1.82) is 0 Å². The summed E-state index contributed by atoms with van der Waals surface area (Å²) in [7, 11) is -1.75. The molecule has 1 aromatic carbocycles. The van der Waals surface area contributed by atoms with Gasteiger partial charge in [0, 0.05) is 5.02 Å². The molecule has 1 aliphatic rings. The predicted octanol–water partition coefficient (Wildman–Crippen LogP) is 0.544. The molecule has 0 spiro atoms. The largest absolute Gasteiger partial charge is 0.496 e. The van der Waals surface area contributed by atoms with Gasteiger partial charge in [0.05, 0.1) is 30.1 Å². The summed E-state index contributed by atoms with van der Waals surface area (Å²) in [6.07, 6.45) is 0.254. The Labute approximate surface area is 132 Å². The highest BCUT2D eigenvalue weighted by molar-refractivity contribution is 7.91. The number of carbonyl (C=O) groups excluding carboxylic acids is 2. The van der Waals surface area contributed by atoms with Crippen molar-refractivity contribution in [1.82, 2.24) is 10.9 Å². The molecule has 120 valence electrons. The fraction of sp³-hybridized carbons (Fsp3) is 0.385. The monoisotopic (exact) mass is 346 g/mol. The second-order valence-electron chi connectivity index (χ2n) is 4.89. The fourth-order valence-corrected chi connectivity index (χ4v) is 4.06. The lowest BCUT2D eigenvalue weighted by molar-refractivity contribution is -0.125. The smallest absolute Gasteiger partial charge is 0.273 e. The number of ether oxygens (including phenoxy) is 1. The molecule has 7 nitrogen and oxygen atoms in total. The number of carbonyl (C=O) groups is 2. The number of hydrogen-bond acceptors (Lipinski definition) is 5. The van der Waals surface area contributed by atoms with E-state index in [0.717, 1.165) is 0 Å². The Hall–Kier alpha value is -1.80. The van der Waals surface area contributed by atoms with Gasteiger partial charge in [-0.3, -0.25) is 20.4 Å². The number of hydrazine groups is 1. The maximum atomic E-state index is 12.0. The molecule has 22 heavy (non-hydrogen) atoms. The Balaban J connectivity index is 1.98. The van der Waals surface area contributed by atoms with E-state index in [0.29, 0.717) is 10.8 Å². The number of nitrogens with one attached hydrogen (secondary N) is 2. The predicted molar refractivity (Wildman–Crippen MR) is 80.4 cm³/mol. The number of benzene rings is 1. The minimum absolute atomic E-state index is 0.0127. The van der Waals surface area contributed by atoms with E-state index in [2.05, 4.69) is 10.9 Å². The summed E-state index contributed by atoms with van der Waals surface area (Å²) in [4.78, 5) is 23.9. The minimum atomic E-state index is -3.16. The van der Waals surface area contributed by atoms with E-state index >= 15 is 0 Å². The maximum absolute atomic E-state index is 12.0. The normalized spacial score (nSPS) is 19.5. The highest BCUT2D eigenvalue weighted by Gasteiger charge is 2.33. The van der Waals surface area contributed by atoms with E-state index in [1.807, 2.05) is 0 Å². The zero-order chi connectivity index (χ0) is 16.3. The molecule has 0 aliphatic carbocycles. The summed E-state index contributed by atoms with van der Waals surface area (Å²) in [6, 6.07) is 4.50. The molecule has 0 bridgehead atoms. The first-order valence-electron chi connectivity index (χ1n) is 6.46. The molecule has 0 saturated carbocycles. The zero-order valence-electron chi connectivity index (χ0n) is 11.8. The first-order chi connectivity index (χ1) is 10.3. The van der Waals surface area contributed by atoms with Crippen molar-refractivity contribution in [2.45, 2.75) is 6.42 Å². The average Bonchev–Trinajstić information content (AvgIpc) is 2.84. The molecule has 0 radical (unpaired) electrons. The van der Waals surface area contributed by atoms with Crippen molar-refractivity contribution in [3.63, 3.8) is 0 Å². The van der Waals surface area contributed by atoms with Crippen LogP contribution in [0.2, 0.25) is 5.02 Å². The van der Waals surface area contributed by atoms with Gasteiger partial charge < -0.3 is 4.74 Å². The van der Waals surface area contributed by atoms with Crippen LogP contribution in [-0.4, -0.2) is 38.8 Å². The second kappa shape index (κ2) is 6.53. The summed E-state index contributed by atoms with van der Waals surface area (Å²) < 4.78 is 27.7. The van der Waals surface area contributed by atoms with Crippen LogP contribution in [0.4, 0.5) is 0 Å². The first kappa shape index (κ1) is 16.6. The third-order valence-electron chi connectivity index (χ3n) is 3.31. The second-order valence-corrected chi connectivity index (χ2v) is 7.55. The SMILES string of the molecule is COc1ccc(Cl)cc1C(=O)NNC(=O)[C@@H]1CCS(=O)(=O)C1. The topological polar surface area (TPSA) is 102 Å². The third-order valence-corrected chi connectivity index (χ3v) is 5.31. The summed E-state index contributed by atoms with van der Waals surface area (Å²) in [6.45, 7) is 0. The van der Waals surface area contributed by atoms with Gasteiger partial charge in [-0.25, -0.2) is 8.42 Å². The molecule has 1 heterocycles.